The van der Waals surface area contributed by atoms with Gasteiger partial charge >= 0.3 is 0 Å². The molecule has 0 saturated heterocycles. The van der Waals surface area contributed by atoms with Crippen LogP contribution >= 0.6 is 0 Å². The highest BCUT2D eigenvalue weighted by Gasteiger charge is 2.19. The summed E-state index contributed by atoms with van der Waals surface area (Å²) < 4.78 is 1.96. The Morgan fingerprint density at radius 2 is 1.67 bits per heavy atom. The van der Waals surface area contributed by atoms with Crippen molar-refractivity contribution in [2.24, 2.45) is 11.8 Å². The number of nitrogens with zero attached hydrogens (tertiary/aromatic N) is 2. The van der Waals surface area contributed by atoms with E-state index in [4.69, 9.17) is 0 Å². The van der Waals surface area contributed by atoms with Crippen LogP contribution in [0.4, 0.5) is 0 Å². The molecule has 3 nitrogen and oxygen atoms in total. The van der Waals surface area contributed by atoms with Crippen LogP contribution in [0.5, 0.6) is 5.75 Å². The van der Waals surface area contributed by atoms with Gasteiger partial charge < -0.3 is 5.11 Å². The minimum atomic E-state index is 0.341. The fraction of sp³-hybridized carbons (Fsp3) is 0.500. The molecule has 0 atom stereocenters. The van der Waals surface area contributed by atoms with Crippen LogP contribution in [0.15, 0.2) is 24.3 Å². The van der Waals surface area contributed by atoms with Gasteiger partial charge in [0.05, 0.1) is 0 Å². The molecule has 0 amide bonds. The second kappa shape index (κ2) is 6.33. The molecule has 0 aliphatic rings. The van der Waals surface area contributed by atoms with Crippen molar-refractivity contribution in [3.8, 4) is 17.0 Å². The Labute approximate surface area is 127 Å². The van der Waals surface area contributed by atoms with Crippen LogP contribution in [0.3, 0.4) is 0 Å². The summed E-state index contributed by atoms with van der Waals surface area (Å²) in [5, 5.41) is 15.3. The quantitative estimate of drug-likeness (QED) is 0.883. The third kappa shape index (κ3) is 3.66. The van der Waals surface area contributed by atoms with Crippen molar-refractivity contribution in [2.45, 2.75) is 47.6 Å². The van der Waals surface area contributed by atoms with Crippen molar-refractivity contribution < 1.29 is 5.11 Å². The smallest absolute Gasteiger partial charge is 0.164 e. The second-order valence-electron chi connectivity index (χ2n) is 6.68. The molecule has 0 spiro atoms. The number of hydrogen-bond donors (Lipinski definition) is 1. The fourth-order valence-electron chi connectivity index (χ4n) is 2.50. The van der Waals surface area contributed by atoms with E-state index in [1.807, 2.05) is 4.68 Å². The summed E-state index contributed by atoms with van der Waals surface area (Å²) in [4.78, 5) is 0. The average Bonchev–Trinajstić information content (AvgIpc) is 2.66. The van der Waals surface area contributed by atoms with Crippen LogP contribution in [-0.4, -0.2) is 14.9 Å². The topological polar surface area (TPSA) is 38.1 Å². The van der Waals surface area contributed by atoms with Gasteiger partial charge in [-0.2, -0.15) is 5.10 Å². The number of benzene rings is 1. The Hall–Kier alpha value is -1.77. The zero-order chi connectivity index (χ0) is 15.6. The van der Waals surface area contributed by atoms with E-state index >= 15 is 0 Å². The molecule has 0 saturated carbocycles. The van der Waals surface area contributed by atoms with Gasteiger partial charge in [-0.25, -0.2) is 0 Å². The molecule has 2 aromatic rings. The highest BCUT2D eigenvalue weighted by molar-refractivity contribution is 5.68. The van der Waals surface area contributed by atoms with Gasteiger partial charge in [0, 0.05) is 12.1 Å². The molecule has 1 N–H and O–H groups in total. The number of rotatable bonds is 5. The molecule has 21 heavy (non-hydrogen) atoms. The average molecular weight is 286 g/mol. The largest absolute Gasteiger partial charge is 0.504 e. The molecule has 1 aromatic heterocycles. The van der Waals surface area contributed by atoms with E-state index in [-0.39, 0.29) is 0 Å². The molecule has 0 radical (unpaired) electrons. The number of aromatic nitrogens is 2. The van der Waals surface area contributed by atoms with E-state index in [0.29, 0.717) is 17.6 Å². The fourth-order valence-corrected chi connectivity index (χ4v) is 2.50. The van der Waals surface area contributed by atoms with Gasteiger partial charge in [0.2, 0.25) is 0 Å². The molecule has 0 fully saturated rings. The standard InChI is InChI=1S/C18H26N2O/c1-12(2)10-16-18(21)17(20(19-16)11-13(3)4)15-8-6-14(5)7-9-15/h6-9,12-13,21H,10-11H2,1-5H3. The number of aromatic hydroxyl groups is 1. The summed E-state index contributed by atoms with van der Waals surface area (Å²) in [7, 11) is 0. The molecular formula is C18H26N2O. The van der Waals surface area contributed by atoms with Crippen molar-refractivity contribution in [2.75, 3.05) is 0 Å². The maximum absolute atomic E-state index is 10.6. The maximum atomic E-state index is 10.6. The number of hydrogen-bond acceptors (Lipinski definition) is 2. The van der Waals surface area contributed by atoms with Crippen LogP contribution in [0, 0.1) is 18.8 Å². The van der Waals surface area contributed by atoms with E-state index in [2.05, 4.69) is 64.0 Å². The Morgan fingerprint density at radius 3 is 2.19 bits per heavy atom. The minimum absolute atomic E-state index is 0.341. The van der Waals surface area contributed by atoms with Gasteiger partial charge in [0.15, 0.2) is 5.75 Å². The zero-order valence-electron chi connectivity index (χ0n) is 13.7. The molecule has 0 aliphatic carbocycles. The molecule has 2 rings (SSSR count). The summed E-state index contributed by atoms with van der Waals surface area (Å²) in [6.07, 6.45) is 0.801. The van der Waals surface area contributed by atoms with Crippen molar-refractivity contribution >= 4 is 0 Å². The lowest BCUT2D eigenvalue weighted by atomic mass is 10.0. The first kappa shape index (κ1) is 15.6. The lowest BCUT2D eigenvalue weighted by Gasteiger charge is -2.10. The first-order chi connectivity index (χ1) is 9.88. The van der Waals surface area contributed by atoms with Crippen LogP contribution in [0.1, 0.15) is 39.0 Å². The van der Waals surface area contributed by atoms with Crippen molar-refractivity contribution in [3.05, 3.63) is 35.5 Å². The molecule has 0 bridgehead atoms. The minimum Gasteiger partial charge on any atom is -0.504 e. The second-order valence-corrected chi connectivity index (χ2v) is 6.68. The summed E-state index contributed by atoms with van der Waals surface area (Å²) in [5.74, 6) is 1.30. The summed E-state index contributed by atoms with van der Waals surface area (Å²) >= 11 is 0. The van der Waals surface area contributed by atoms with Crippen LogP contribution in [-0.2, 0) is 13.0 Å². The van der Waals surface area contributed by atoms with Crippen molar-refractivity contribution in [1.29, 1.82) is 0 Å². The van der Waals surface area contributed by atoms with Gasteiger partial charge in [0.1, 0.15) is 11.4 Å². The summed E-state index contributed by atoms with van der Waals surface area (Å²) in [5.41, 5.74) is 3.90. The Morgan fingerprint density at radius 1 is 1.05 bits per heavy atom. The van der Waals surface area contributed by atoms with E-state index < -0.39 is 0 Å². The predicted molar refractivity (Wildman–Crippen MR) is 87.4 cm³/mol. The zero-order valence-corrected chi connectivity index (χ0v) is 13.7. The Balaban J connectivity index is 2.50. The van der Waals surface area contributed by atoms with Crippen LogP contribution in [0.25, 0.3) is 11.3 Å². The van der Waals surface area contributed by atoms with E-state index in [1.54, 1.807) is 0 Å². The summed E-state index contributed by atoms with van der Waals surface area (Å²) in [6, 6.07) is 8.26. The van der Waals surface area contributed by atoms with Gasteiger partial charge in [-0.05, 0) is 25.2 Å². The monoisotopic (exact) mass is 286 g/mol. The van der Waals surface area contributed by atoms with Gasteiger partial charge in [-0.1, -0.05) is 57.5 Å². The molecule has 114 valence electrons. The summed E-state index contributed by atoms with van der Waals surface area (Å²) in [6.45, 7) is 11.5. The highest BCUT2D eigenvalue weighted by atomic mass is 16.3. The molecule has 0 unspecified atom stereocenters. The normalized spacial score (nSPS) is 11.6. The van der Waals surface area contributed by atoms with E-state index in [0.717, 1.165) is 29.9 Å². The molecule has 1 aromatic carbocycles. The Kier molecular flexibility index (Phi) is 4.71. The SMILES string of the molecule is Cc1ccc(-c2c(O)c(CC(C)C)nn2CC(C)C)cc1. The van der Waals surface area contributed by atoms with Gasteiger partial charge in [-0.15, -0.1) is 0 Å². The first-order valence-electron chi connectivity index (χ1n) is 7.74. The molecule has 3 heteroatoms. The lowest BCUT2D eigenvalue weighted by molar-refractivity contribution is 0.463. The van der Waals surface area contributed by atoms with E-state index in [1.165, 1.54) is 5.56 Å². The predicted octanol–water partition coefficient (Wildman–Crippen LogP) is 4.42. The van der Waals surface area contributed by atoms with Crippen LogP contribution < -0.4 is 0 Å². The maximum Gasteiger partial charge on any atom is 0.164 e. The Bertz CT molecular complexity index is 594. The van der Waals surface area contributed by atoms with Gasteiger partial charge in [-0.3, -0.25) is 4.68 Å². The lowest BCUT2D eigenvalue weighted by Crippen LogP contribution is -2.08. The van der Waals surface area contributed by atoms with Crippen molar-refractivity contribution in [1.82, 2.24) is 9.78 Å². The van der Waals surface area contributed by atoms with Gasteiger partial charge in [0.25, 0.3) is 0 Å². The first-order valence-corrected chi connectivity index (χ1v) is 7.74. The number of aryl methyl sites for hydroxylation is 1. The molecule has 0 aliphatic heterocycles. The van der Waals surface area contributed by atoms with Crippen LogP contribution in [0.2, 0.25) is 0 Å². The molecular weight excluding hydrogens is 260 g/mol. The third-order valence-corrected chi connectivity index (χ3v) is 3.46. The highest BCUT2D eigenvalue weighted by Crippen LogP contribution is 2.34. The van der Waals surface area contributed by atoms with Crippen molar-refractivity contribution in [3.63, 3.8) is 0 Å². The third-order valence-electron chi connectivity index (χ3n) is 3.46. The molecule has 1 heterocycles. The van der Waals surface area contributed by atoms with E-state index in [9.17, 15) is 5.11 Å².